The molecule has 0 bridgehead atoms. The van der Waals surface area contributed by atoms with E-state index in [0.717, 1.165) is 103 Å². The summed E-state index contributed by atoms with van der Waals surface area (Å²) in [6.45, 7) is 9.77. The quantitative estimate of drug-likeness (QED) is 0.153. The van der Waals surface area contributed by atoms with Crippen LogP contribution in [0.15, 0.2) is 231 Å². The lowest BCUT2D eigenvalue weighted by Crippen LogP contribution is -2.09. The zero-order valence-electron chi connectivity index (χ0n) is 39.5. The van der Waals surface area contributed by atoms with Crippen molar-refractivity contribution in [1.82, 2.24) is 9.13 Å². The van der Waals surface area contributed by atoms with Gasteiger partial charge in [0.1, 0.15) is 6.07 Å². The first kappa shape index (κ1) is 42.2. The van der Waals surface area contributed by atoms with E-state index in [-0.39, 0.29) is 0 Å². The second-order valence-electron chi connectivity index (χ2n) is 18.9. The number of nitriles is 1. The molecule has 0 aliphatic heterocycles. The first-order chi connectivity index (χ1) is 36.7. The van der Waals surface area contributed by atoms with Gasteiger partial charge in [0.15, 0.2) is 0 Å². The van der Waals surface area contributed by atoms with Crippen LogP contribution in [0.3, 0.4) is 0 Å². The second-order valence-corrected chi connectivity index (χ2v) is 21.0. The van der Waals surface area contributed by atoms with Crippen LogP contribution in [0.1, 0.15) is 5.56 Å². The minimum atomic E-state index is 0.407. The molecule has 0 N–H and O–H groups in total. The molecule has 342 valence electrons. The molecule has 0 spiro atoms. The highest BCUT2D eigenvalue weighted by Gasteiger charge is 2.33. The molecule has 0 unspecified atom stereocenters. The van der Waals surface area contributed by atoms with Crippen LogP contribution in [0.5, 0.6) is 0 Å². The van der Waals surface area contributed by atoms with Gasteiger partial charge in [0.25, 0.3) is 0 Å². The molecule has 74 heavy (non-hydrogen) atoms. The number of hydrogen-bond donors (Lipinski definition) is 0. The minimum absolute atomic E-state index is 0.407. The number of aromatic nitrogens is 2. The molecule has 15 aromatic rings. The molecular weight excluding hydrogens is 937 g/mol. The summed E-state index contributed by atoms with van der Waals surface area (Å²) in [4.78, 5) is 4.78. The van der Waals surface area contributed by atoms with Crippen molar-refractivity contribution in [1.29, 1.82) is 5.26 Å². The Kier molecular flexibility index (Phi) is 9.40. The lowest BCUT2D eigenvalue weighted by molar-refractivity contribution is 1.14. The van der Waals surface area contributed by atoms with Gasteiger partial charge in [-0.25, -0.2) is 4.85 Å². The van der Waals surface area contributed by atoms with Crippen LogP contribution < -0.4 is 0 Å². The fourth-order valence-electron chi connectivity index (χ4n) is 11.8. The van der Waals surface area contributed by atoms with Crippen molar-refractivity contribution in [2.24, 2.45) is 0 Å². The normalized spacial score (nSPS) is 11.8. The summed E-state index contributed by atoms with van der Waals surface area (Å²) in [5.74, 6) is 0. The van der Waals surface area contributed by atoms with E-state index in [0.29, 0.717) is 16.8 Å². The Morgan fingerprint density at radius 2 is 0.784 bits per heavy atom. The average Bonchev–Trinajstić information content (AvgIpc) is 4.24. The standard InChI is InChI=1S/C68H38N4S2/c1-70-62-60(46-38-44(41-19-5-2-6-20-41)37-45(39-46)42-21-7-3-8-22-42)55(40-69)63(71-56-29-15-11-25-47(56)48-26-12-16-30-57(48)71)61(43-23-9-4-10-24-43)66(62)72-64-51(33-35-53-49-27-13-17-31-58(49)73-67(53)64)52-34-36-54-50-28-14-18-32-59(50)74-68(54)65(52)72/h2-39H. The van der Waals surface area contributed by atoms with E-state index in [4.69, 9.17) is 4.85 Å². The van der Waals surface area contributed by atoms with Crippen LogP contribution in [0.4, 0.5) is 5.69 Å². The van der Waals surface area contributed by atoms with E-state index in [2.05, 4.69) is 228 Å². The van der Waals surface area contributed by atoms with Crippen molar-refractivity contribution in [3.05, 3.63) is 248 Å². The Morgan fingerprint density at radius 3 is 1.27 bits per heavy atom. The first-order valence-electron chi connectivity index (χ1n) is 24.7. The largest absolute Gasteiger partial charge is 0.316 e. The molecule has 0 aliphatic carbocycles. The molecule has 0 fully saturated rings. The number of fused-ring (bicyclic) bond motifs is 14. The SMILES string of the molecule is [C-]#[N+]c1c(-c2cc(-c3ccccc3)cc(-c3ccccc3)c2)c(C#N)c(-n2c3ccccc3c3ccccc32)c(-c2ccccc2)c1-n1c2c(ccc3c4ccccc4sc32)c2ccc3c4ccccc4sc3c21. The number of thiophene rings is 2. The third kappa shape index (κ3) is 6.11. The molecular formula is C68H38N4S2. The van der Waals surface area contributed by atoms with Gasteiger partial charge in [-0.3, -0.25) is 0 Å². The van der Waals surface area contributed by atoms with E-state index >= 15 is 0 Å². The first-order valence-corrected chi connectivity index (χ1v) is 26.3. The van der Waals surface area contributed by atoms with Gasteiger partial charge in [-0.05, 0) is 75.8 Å². The maximum absolute atomic E-state index is 12.3. The van der Waals surface area contributed by atoms with Crippen molar-refractivity contribution >= 4 is 112 Å². The van der Waals surface area contributed by atoms with Gasteiger partial charge < -0.3 is 9.13 Å². The molecule has 15 rings (SSSR count). The van der Waals surface area contributed by atoms with E-state index < -0.39 is 0 Å². The minimum Gasteiger partial charge on any atom is -0.316 e. The maximum atomic E-state index is 12.3. The molecule has 11 aromatic carbocycles. The van der Waals surface area contributed by atoms with Crippen LogP contribution in [0.25, 0.3) is 145 Å². The van der Waals surface area contributed by atoms with E-state index in [1.54, 1.807) is 22.7 Å². The summed E-state index contributed by atoms with van der Waals surface area (Å²) in [5, 5.41) is 21.4. The van der Waals surface area contributed by atoms with Crippen molar-refractivity contribution < 1.29 is 0 Å². The smallest absolute Gasteiger partial charge is 0.220 e. The molecule has 0 atom stereocenters. The highest BCUT2D eigenvalue weighted by molar-refractivity contribution is 7.27. The predicted molar refractivity (Wildman–Crippen MR) is 314 cm³/mol. The zero-order chi connectivity index (χ0) is 49.0. The summed E-state index contributed by atoms with van der Waals surface area (Å²) in [6.07, 6.45) is 0. The van der Waals surface area contributed by atoms with Crippen molar-refractivity contribution in [2.75, 3.05) is 0 Å². The topological polar surface area (TPSA) is 38.0 Å². The fourth-order valence-corrected chi connectivity index (χ4v) is 14.3. The molecule has 4 nitrogen and oxygen atoms in total. The fraction of sp³-hybridized carbons (Fsp3) is 0. The summed E-state index contributed by atoms with van der Waals surface area (Å²) in [6, 6.07) is 84.4. The molecule has 0 radical (unpaired) electrons. The van der Waals surface area contributed by atoms with Gasteiger partial charge >= 0.3 is 0 Å². The van der Waals surface area contributed by atoms with Gasteiger partial charge in [0.05, 0.1) is 55.0 Å². The predicted octanol–water partition coefficient (Wildman–Crippen LogP) is 19.7. The third-order valence-electron chi connectivity index (χ3n) is 14.9. The van der Waals surface area contributed by atoms with E-state index in [1.165, 1.54) is 30.9 Å². The summed E-state index contributed by atoms with van der Waals surface area (Å²) < 4.78 is 9.45. The van der Waals surface area contributed by atoms with Crippen LogP contribution in [-0.2, 0) is 0 Å². The average molecular weight is 975 g/mol. The molecule has 6 heteroatoms. The lowest BCUT2D eigenvalue weighted by Gasteiger charge is -2.26. The third-order valence-corrected chi connectivity index (χ3v) is 17.3. The Labute approximate surface area is 433 Å². The van der Waals surface area contributed by atoms with Gasteiger partial charge in [-0.1, -0.05) is 188 Å². The van der Waals surface area contributed by atoms with Gasteiger partial charge in [-0.2, -0.15) is 5.26 Å². The van der Waals surface area contributed by atoms with Crippen LogP contribution in [0.2, 0.25) is 0 Å². The number of rotatable bonds is 6. The lowest BCUT2D eigenvalue weighted by atomic mass is 9.86. The van der Waals surface area contributed by atoms with Crippen molar-refractivity contribution in [2.45, 2.75) is 0 Å². The van der Waals surface area contributed by atoms with E-state index in [9.17, 15) is 11.8 Å². The van der Waals surface area contributed by atoms with Gasteiger partial charge in [0, 0.05) is 63.6 Å². The maximum Gasteiger partial charge on any atom is 0.220 e. The van der Waals surface area contributed by atoms with Gasteiger partial charge in [-0.15, -0.1) is 22.7 Å². The van der Waals surface area contributed by atoms with Crippen LogP contribution in [-0.4, -0.2) is 9.13 Å². The Bertz CT molecular complexity index is 4670. The Balaban J connectivity index is 1.24. The van der Waals surface area contributed by atoms with E-state index in [1.807, 2.05) is 18.2 Å². The molecule has 0 saturated heterocycles. The monoisotopic (exact) mass is 974 g/mol. The molecule has 4 aromatic heterocycles. The summed E-state index contributed by atoms with van der Waals surface area (Å²) in [7, 11) is 0. The van der Waals surface area contributed by atoms with Crippen molar-refractivity contribution in [3.63, 3.8) is 0 Å². The Morgan fingerprint density at radius 1 is 0.365 bits per heavy atom. The number of nitrogens with zero attached hydrogens (tertiary/aromatic N) is 4. The molecule has 4 heterocycles. The number of hydrogen-bond acceptors (Lipinski definition) is 3. The summed E-state index contributed by atoms with van der Waals surface area (Å²) in [5.41, 5.74) is 13.5. The summed E-state index contributed by atoms with van der Waals surface area (Å²) >= 11 is 3.60. The Hall–Kier alpha value is -9.56. The number of benzene rings is 11. The molecule has 0 amide bonds. The van der Waals surface area contributed by atoms with Crippen LogP contribution in [0, 0.1) is 17.9 Å². The molecule has 0 saturated carbocycles. The zero-order valence-corrected chi connectivity index (χ0v) is 41.2. The highest BCUT2D eigenvalue weighted by atomic mass is 32.1. The second kappa shape index (κ2) is 16.5. The van der Waals surface area contributed by atoms with Gasteiger partial charge in [0.2, 0.25) is 5.69 Å². The van der Waals surface area contributed by atoms with Crippen molar-refractivity contribution in [3.8, 4) is 62.0 Å². The van der Waals surface area contributed by atoms with Crippen LogP contribution >= 0.6 is 22.7 Å². The molecule has 0 aliphatic rings. The highest BCUT2D eigenvalue weighted by Crippen LogP contribution is 2.55. The number of para-hydroxylation sites is 2.